The molecule has 318 valence electrons. The largest absolute Gasteiger partial charge is 0.481 e. The fraction of sp³-hybridized carbons (Fsp3) is 0.756. The highest BCUT2D eigenvalue weighted by Gasteiger charge is 2.23. The Balaban J connectivity index is 4.27. The number of carboxylic acids is 1. The highest BCUT2D eigenvalue weighted by Crippen LogP contribution is 2.22. The molecule has 10 heteroatoms. The summed E-state index contributed by atoms with van der Waals surface area (Å²) in [5.74, 6) is -1.86. The van der Waals surface area contributed by atoms with Crippen LogP contribution in [0.3, 0.4) is 0 Å². The van der Waals surface area contributed by atoms with Gasteiger partial charge < -0.3 is 30.5 Å². The van der Waals surface area contributed by atoms with Crippen LogP contribution in [-0.2, 0) is 23.9 Å². The van der Waals surface area contributed by atoms with Gasteiger partial charge in [-0.05, 0) is 38.5 Å². The summed E-state index contributed by atoms with van der Waals surface area (Å²) in [4.78, 5) is 35.6. The zero-order valence-corrected chi connectivity index (χ0v) is 35.4. The van der Waals surface area contributed by atoms with Gasteiger partial charge in [0, 0.05) is 23.8 Å². The van der Waals surface area contributed by atoms with Gasteiger partial charge in [-0.15, -0.1) is 11.8 Å². The normalized spacial score (nSPS) is 14.3. The number of ether oxygens (including phenoxy) is 2. The van der Waals surface area contributed by atoms with Crippen LogP contribution < -0.4 is 5.73 Å². The van der Waals surface area contributed by atoms with Gasteiger partial charge in [-0.3, -0.25) is 14.4 Å². The number of thioether (sulfide) groups is 1. The van der Waals surface area contributed by atoms with E-state index in [1.165, 1.54) is 114 Å². The van der Waals surface area contributed by atoms with Crippen LogP contribution in [0.4, 0.5) is 0 Å². The van der Waals surface area contributed by atoms with Crippen LogP contribution in [0.5, 0.6) is 0 Å². The smallest absolute Gasteiger partial charge is 0.323 e. The first-order valence-electron chi connectivity index (χ1n) is 21.6. The van der Waals surface area contributed by atoms with E-state index in [-0.39, 0.29) is 37.8 Å². The van der Waals surface area contributed by atoms with Crippen LogP contribution in [0, 0.1) is 0 Å². The third-order valence-electron chi connectivity index (χ3n) is 9.31. The fourth-order valence-electron chi connectivity index (χ4n) is 5.88. The molecular formula is C45H79NO8S. The number of carboxylic acid groups (broad SMARTS) is 1. The number of hydrogen-bond donors (Lipinski definition) is 4. The van der Waals surface area contributed by atoms with Crippen LogP contribution in [0.25, 0.3) is 0 Å². The summed E-state index contributed by atoms with van der Waals surface area (Å²) < 4.78 is 10.3. The lowest BCUT2D eigenvalue weighted by atomic mass is 10.0. The van der Waals surface area contributed by atoms with Gasteiger partial charge in [0.1, 0.15) is 25.4 Å². The second kappa shape index (κ2) is 39.8. The number of aliphatic hydroxyl groups is 2. The van der Waals surface area contributed by atoms with Crippen molar-refractivity contribution in [2.45, 2.75) is 198 Å². The second-order valence-electron chi connectivity index (χ2n) is 14.7. The number of aliphatic carboxylic acids is 1. The molecule has 0 aliphatic carbocycles. The lowest BCUT2D eigenvalue weighted by Gasteiger charge is -2.21. The minimum Gasteiger partial charge on any atom is -0.481 e. The van der Waals surface area contributed by atoms with Gasteiger partial charge in [-0.25, -0.2) is 0 Å². The van der Waals surface area contributed by atoms with Crippen molar-refractivity contribution >= 4 is 29.7 Å². The number of carbonyl (C=O) groups is 3. The van der Waals surface area contributed by atoms with Gasteiger partial charge in [0.2, 0.25) is 0 Å². The average Bonchev–Trinajstić information content (AvgIpc) is 3.17. The summed E-state index contributed by atoms with van der Waals surface area (Å²) in [6.07, 6.45) is 40.5. The Bertz CT molecular complexity index is 1050. The van der Waals surface area contributed by atoms with Crippen LogP contribution in [0.2, 0.25) is 0 Å². The summed E-state index contributed by atoms with van der Waals surface area (Å²) in [5, 5.41) is 29.5. The van der Waals surface area contributed by atoms with Crippen molar-refractivity contribution in [3.8, 4) is 0 Å². The van der Waals surface area contributed by atoms with Gasteiger partial charge >= 0.3 is 17.9 Å². The maximum atomic E-state index is 12.5. The molecule has 0 rings (SSSR count). The Morgan fingerprint density at radius 1 is 0.636 bits per heavy atom. The third kappa shape index (κ3) is 37.0. The van der Waals surface area contributed by atoms with E-state index in [2.05, 4.69) is 32.1 Å². The van der Waals surface area contributed by atoms with E-state index < -0.39 is 35.4 Å². The topological polar surface area (TPSA) is 156 Å². The molecule has 0 bridgehead atoms. The van der Waals surface area contributed by atoms with Gasteiger partial charge in [0.15, 0.2) is 0 Å². The predicted octanol–water partition coefficient (Wildman–Crippen LogP) is 10.3. The van der Waals surface area contributed by atoms with Crippen molar-refractivity contribution in [2.24, 2.45) is 5.73 Å². The summed E-state index contributed by atoms with van der Waals surface area (Å²) in [5.41, 5.74) is 6.06. The number of hydrogen-bond acceptors (Lipinski definition) is 9. The fourth-order valence-corrected chi connectivity index (χ4v) is 7.01. The molecule has 9 nitrogen and oxygen atoms in total. The van der Waals surface area contributed by atoms with E-state index in [1.807, 2.05) is 30.4 Å². The molecule has 0 aromatic heterocycles. The second-order valence-corrected chi connectivity index (χ2v) is 15.9. The summed E-state index contributed by atoms with van der Waals surface area (Å²) in [6.45, 7) is 3.84. The van der Waals surface area contributed by atoms with E-state index >= 15 is 0 Å². The van der Waals surface area contributed by atoms with Crippen LogP contribution in [0.1, 0.15) is 174 Å². The Labute approximate surface area is 339 Å². The molecule has 0 saturated heterocycles. The summed E-state index contributed by atoms with van der Waals surface area (Å²) in [6, 6.07) is -1.01. The van der Waals surface area contributed by atoms with Gasteiger partial charge in [0.05, 0.1) is 6.10 Å². The average molecular weight is 794 g/mol. The molecule has 0 fully saturated rings. The predicted molar refractivity (Wildman–Crippen MR) is 229 cm³/mol. The molecule has 0 amide bonds. The molecule has 0 heterocycles. The minimum absolute atomic E-state index is 0.0427. The van der Waals surface area contributed by atoms with Gasteiger partial charge in [0.25, 0.3) is 0 Å². The highest BCUT2D eigenvalue weighted by atomic mass is 32.2. The molecule has 0 aromatic rings. The quantitative estimate of drug-likeness (QED) is 0.0204. The van der Waals surface area contributed by atoms with Crippen molar-refractivity contribution in [1.82, 2.24) is 0 Å². The zero-order valence-electron chi connectivity index (χ0n) is 34.6. The molecule has 0 aliphatic rings. The summed E-state index contributed by atoms with van der Waals surface area (Å²) >= 11 is 1.27. The molecule has 4 atom stereocenters. The van der Waals surface area contributed by atoms with E-state index in [9.17, 15) is 24.6 Å². The molecule has 0 radical (unpaired) electrons. The maximum Gasteiger partial charge on any atom is 0.323 e. The SMILES string of the molecule is CCCCC/C=C\C\C=C/C=C/C=C/[C@@H](SC[C@H](N)C(=O)OC[C@@H](O)COC(=O)CCCCCCCCCCCCCCCCCC)[C@@H](O)CCCC(=O)O. The Morgan fingerprint density at radius 3 is 1.78 bits per heavy atom. The van der Waals surface area contributed by atoms with Crippen molar-refractivity contribution in [1.29, 1.82) is 0 Å². The number of rotatable bonds is 39. The number of esters is 2. The van der Waals surface area contributed by atoms with E-state index in [1.54, 1.807) is 0 Å². The van der Waals surface area contributed by atoms with Crippen LogP contribution in [-0.4, -0.2) is 75.7 Å². The molecule has 5 N–H and O–H groups in total. The first-order valence-corrected chi connectivity index (χ1v) is 22.7. The first-order chi connectivity index (χ1) is 26.7. The van der Waals surface area contributed by atoms with Gasteiger partial charge in [-0.1, -0.05) is 172 Å². The third-order valence-corrected chi connectivity index (χ3v) is 10.7. The van der Waals surface area contributed by atoms with Gasteiger partial charge in [-0.2, -0.15) is 0 Å². The Hall–Kier alpha value is -2.40. The van der Waals surface area contributed by atoms with Crippen molar-refractivity contribution in [3.05, 3.63) is 48.6 Å². The number of aliphatic hydroxyl groups excluding tert-OH is 2. The summed E-state index contributed by atoms with van der Waals surface area (Å²) in [7, 11) is 0. The number of unbranched alkanes of at least 4 members (excludes halogenated alkanes) is 18. The van der Waals surface area contributed by atoms with E-state index in [4.69, 9.17) is 20.3 Å². The minimum atomic E-state index is -1.16. The number of carbonyl (C=O) groups excluding carboxylic acids is 2. The Morgan fingerprint density at radius 2 is 1.18 bits per heavy atom. The molecule has 0 aromatic carbocycles. The zero-order chi connectivity index (χ0) is 40.6. The van der Waals surface area contributed by atoms with Crippen molar-refractivity contribution in [2.75, 3.05) is 19.0 Å². The van der Waals surface area contributed by atoms with Crippen molar-refractivity contribution in [3.63, 3.8) is 0 Å². The number of allylic oxidation sites excluding steroid dienone is 7. The van der Waals surface area contributed by atoms with E-state index in [0.29, 0.717) is 12.8 Å². The molecule has 0 saturated carbocycles. The molecular weight excluding hydrogens is 715 g/mol. The Kier molecular flexibility index (Phi) is 38.1. The standard InChI is InChI=1S/C45H79NO8S/c1-3-5-7-9-11-13-15-17-18-19-20-22-24-26-28-30-35-44(51)53-36-39(47)37-54-45(52)40(46)38-55-42(41(48)32-31-34-43(49)50)33-29-27-25-23-21-16-14-12-10-8-6-4-2/h12,14,21,23,25,27,29,33,39-42,47-48H,3-11,13,15-20,22,24,26,28,30-32,34-38,46H2,1-2H3,(H,49,50)/b14-12-,23-21-,27-25+,33-29+/t39-,40-,41-,42+/m0/s1. The van der Waals surface area contributed by atoms with Crippen LogP contribution in [0.15, 0.2) is 48.6 Å². The lowest BCUT2D eigenvalue weighted by Crippen LogP contribution is -2.38. The van der Waals surface area contributed by atoms with Crippen LogP contribution >= 0.6 is 11.8 Å². The molecule has 0 spiro atoms. The highest BCUT2D eigenvalue weighted by molar-refractivity contribution is 8.00. The number of nitrogens with two attached hydrogens (primary N) is 1. The maximum absolute atomic E-state index is 12.5. The monoisotopic (exact) mass is 794 g/mol. The molecule has 55 heavy (non-hydrogen) atoms. The first kappa shape index (κ1) is 52.6. The lowest BCUT2D eigenvalue weighted by molar-refractivity contribution is -0.153. The van der Waals surface area contributed by atoms with E-state index in [0.717, 1.165) is 32.1 Å². The molecule has 0 aliphatic heterocycles. The van der Waals surface area contributed by atoms with Crippen molar-refractivity contribution < 1.29 is 39.2 Å². The molecule has 0 unspecified atom stereocenters.